The van der Waals surface area contributed by atoms with Gasteiger partial charge in [0.05, 0.1) is 20.5 Å². The molecule has 0 heterocycles. The third-order valence-electron chi connectivity index (χ3n) is 5.26. The van der Waals surface area contributed by atoms with Crippen molar-refractivity contribution >= 4 is 34.6 Å². The zero-order valence-corrected chi connectivity index (χ0v) is 21.6. The van der Waals surface area contributed by atoms with Gasteiger partial charge < -0.3 is 23.9 Å². The van der Waals surface area contributed by atoms with E-state index in [2.05, 4.69) is 5.16 Å². The summed E-state index contributed by atoms with van der Waals surface area (Å²) in [5.74, 6) is 6.66. The molecule has 0 atom stereocenters. The fourth-order valence-electron chi connectivity index (χ4n) is 3.60. The fourth-order valence-corrected chi connectivity index (χ4v) is 3.78. The smallest absolute Gasteiger partial charge is 0.341 e. The lowest BCUT2D eigenvalue weighted by atomic mass is 9.94. The van der Waals surface area contributed by atoms with Crippen molar-refractivity contribution in [1.29, 1.82) is 0 Å². The highest BCUT2D eigenvalue weighted by Crippen LogP contribution is 2.31. The van der Waals surface area contributed by atoms with Crippen LogP contribution in [0.3, 0.4) is 0 Å². The Morgan fingerprint density at radius 1 is 0.919 bits per heavy atom. The van der Waals surface area contributed by atoms with Crippen LogP contribution in [0.1, 0.15) is 23.6 Å². The largest absolute Gasteiger partial charge is 0.503 e. The van der Waals surface area contributed by atoms with Crippen LogP contribution in [0.15, 0.2) is 89.8 Å². The number of methoxy groups -OCH3 is 2. The molecule has 0 fully saturated rings. The number of hydrogen-bond acceptors (Lipinski definition) is 8. The van der Waals surface area contributed by atoms with E-state index in [1.54, 1.807) is 55.5 Å². The Bertz CT molecular complexity index is 1330. The van der Waals surface area contributed by atoms with Crippen molar-refractivity contribution in [1.82, 2.24) is 0 Å². The molecule has 0 saturated carbocycles. The van der Waals surface area contributed by atoms with Crippen LogP contribution in [0.2, 0.25) is 5.02 Å². The monoisotopic (exact) mass is 522 g/mol. The second-order valence-electron chi connectivity index (χ2n) is 7.58. The number of ether oxygens (including phenoxy) is 3. The molecule has 2 N–H and O–H groups in total. The van der Waals surface area contributed by atoms with Crippen LogP contribution in [0.25, 0.3) is 11.3 Å². The number of benzene rings is 3. The van der Waals surface area contributed by atoms with Gasteiger partial charge >= 0.3 is 5.97 Å². The minimum atomic E-state index is -0.579. The molecule has 0 radical (unpaired) electrons. The number of carbonyl (C=O) groups is 1. The molecule has 192 valence electrons. The molecular formula is C28H27ClN2O6. The predicted octanol–water partition coefficient (Wildman–Crippen LogP) is 5.96. The molecule has 3 aromatic rings. The van der Waals surface area contributed by atoms with Gasteiger partial charge in [-0.25, -0.2) is 4.79 Å². The van der Waals surface area contributed by atoms with Gasteiger partial charge in [-0.2, -0.15) is 5.90 Å². The fraction of sp³-hybridized carbons (Fsp3) is 0.143. The minimum Gasteiger partial charge on any atom is -0.503 e. The summed E-state index contributed by atoms with van der Waals surface area (Å²) in [5.41, 5.74) is 2.95. The molecule has 0 bridgehead atoms. The zero-order valence-electron chi connectivity index (χ0n) is 20.9. The average Bonchev–Trinajstić information content (AvgIpc) is 2.91. The molecule has 37 heavy (non-hydrogen) atoms. The first kappa shape index (κ1) is 27.3. The highest BCUT2D eigenvalue weighted by atomic mass is 35.5. The Kier molecular flexibility index (Phi) is 9.71. The lowest BCUT2D eigenvalue weighted by molar-refractivity contribution is -0.133. The lowest BCUT2D eigenvalue weighted by Gasteiger charge is -2.17. The van der Waals surface area contributed by atoms with Gasteiger partial charge in [0.15, 0.2) is 5.76 Å². The number of nitrogens with two attached hydrogens (primary N) is 1. The molecule has 0 aliphatic heterocycles. The van der Waals surface area contributed by atoms with Crippen LogP contribution < -0.4 is 10.6 Å². The highest BCUT2D eigenvalue weighted by molar-refractivity contribution is 6.30. The summed E-state index contributed by atoms with van der Waals surface area (Å²) in [5, 5.41) is 4.79. The van der Waals surface area contributed by atoms with Crippen LogP contribution >= 0.6 is 11.6 Å². The van der Waals surface area contributed by atoms with Crippen molar-refractivity contribution in [3.63, 3.8) is 0 Å². The van der Waals surface area contributed by atoms with Crippen molar-refractivity contribution in [2.45, 2.75) is 6.92 Å². The molecule has 0 spiro atoms. The first-order valence-electron chi connectivity index (χ1n) is 11.1. The van der Waals surface area contributed by atoms with Crippen molar-refractivity contribution in [3.8, 4) is 11.5 Å². The SMILES string of the molecule is COC=C(C(=O)OC)c1ccccc1C(ON)=C(C)C(=NOC)c1ccc(Oc2cccc(Cl)c2)cc1. The number of carbonyl (C=O) groups excluding carboxylic acids is 1. The normalized spacial score (nSPS) is 12.4. The van der Waals surface area contributed by atoms with Crippen LogP contribution in [-0.2, 0) is 23.9 Å². The number of halogens is 1. The van der Waals surface area contributed by atoms with Crippen LogP contribution in [0, 0.1) is 0 Å². The second-order valence-corrected chi connectivity index (χ2v) is 8.02. The predicted molar refractivity (Wildman–Crippen MR) is 143 cm³/mol. The molecule has 3 rings (SSSR count). The maximum absolute atomic E-state index is 12.5. The first-order chi connectivity index (χ1) is 17.9. The average molecular weight is 523 g/mol. The third-order valence-corrected chi connectivity index (χ3v) is 5.49. The molecule has 9 heteroatoms. The van der Waals surface area contributed by atoms with E-state index in [0.717, 1.165) is 0 Å². The van der Waals surface area contributed by atoms with Gasteiger partial charge in [0.1, 0.15) is 29.9 Å². The van der Waals surface area contributed by atoms with Gasteiger partial charge in [-0.15, -0.1) is 0 Å². The van der Waals surface area contributed by atoms with Crippen LogP contribution in [-0.4, -0.2) is 33.0 Å². The summed E-state index contributed by atoms with van der Waals surface area (Å²) in [4.78, 5) is 22.9. The van der Waals surface area contributed by atoms with Gasteiger partial charge in [-0.05, 0) is 49.4 Å². The maximum atomic E-state index is 12.5. The van der Waals surface area contributed by atoms with Crippen molar-refractivity contribution < 1.29 is 28.7 Å². The number of allylic oxidation sites excluding steroid dienone is 1. The van der Waals surface area contributed by atoms with Crippen molar-refractivity contribution in [3.05, 3.63) is 106 Å². The number of esters is 1. The number of nitrogens with zero attached hydrogens (tertiary/aromatic N) is 1. The number of hydrogen-bond donors (Lipinski definition) is 1. The molecule has 3 aromatic carbocycles. The molecule has 0 saturated heterocycles. The van der Waals surface area contributed by atoms with Gasteiger partial charge in [0.25, 0.3) is 0 Å². The van der Waals surface area contributed by atoms with E-state index in [-0.39, 0.29) is 11.3 Å². The molecular weight excluding hydrogens is 496 g/mol. The minimum absolute atomic E-state index is 0.190. The van der Waals surface area contributed by atoms with Gasteiger partial charge in [-0.3, -0.25) is 0 Å². The number of rotatable bonds is 10. The van der Waals surface area contributed by atoms with Crippen molar-refractivity contribution in [2.24, 2.45) is 11.1 Å². The summed E-state index contributed by atoms with van der Waals surface area (Å²) in [7, 11) is 4.17. The summed E-state index contributed by atoms with van der Waals surface area (Å²) < 4.78 is 15.9. The zero-order chi connectivity index (χ0) is 26.8. The van der Waals surface area contributed by atoms with E-state index in [4.69, 9.17) is 41.4 Å². The Morgan fingerprint density at radius 2 is 1.62 bits per heavy atom. The van der Waals surface area contributed by atoms with E-state index in [9.17, 15) is 4.79 Å². The summed E-state index contributed by atoms with van der Waals surface area (Å²) in [6, 6.07) is 21.4. The quantitative estimate of drug-likeness (QED) is 0.115. The molecule has 0 aliphatic carbocycles. The summed E-state index contributed by atoms with van der Waals surface area (Å²) >= 11 is 6.04. The van der Waals surface area contributed by atoms with Crippen LogP contribution in [0.4, 0.5) is 0 Å². The lowest BCUT2D eigenvalue weighted by Crippen LogP contribution is -2.13. The van der Waals surface area contributed by atoms with E-state index < -0.39 is 5.97 Å². The Balaban J connectivity index is 2.04. The highest BCUT2D eigenvalue weighted by Gasteiger charge is 2.23. The van der Waals surface area contributed by atoms with Gasteiger partial charge in [0, 0.05) is 27.3 Å². The Morgan fingerprint density at radius 3 is 2.22 bits per heavy atom. The molecule has 0 aliphatic rings. The van der Waals surface area contributed by atoms with E-state index in [1.165, 1.54) is 27.6 Å². The summed E-state index contributed by atoms with van der Waals surface area (Å²) in [6.45, 7) is 1.78. The molecule has 0 unspecified atom stereocenters. The van der Waals surface area contributed by atoms with Gasteiger partial charge in [-0.1, -0.05) is 47.1 Å². The van der Waals surface area contributed by atoms with E-state index >= 15 is 0 Å². The maximum Gasteiger partial charge on any atom is 0.341 e. The Labute approximate surface area is 220 Å². The molecule has 8 nitrogen and oxygen atoms in total. The topological polar surface area (TPSA) is 102 Å². The number of oxime groups is 1. The third kappa shape index (κ3) is 6.69. The standard InChI is InChI=1S/C28H27ClN2O6/c1-18(27(37-30)24-11-6-5-10-23(24)25(17-33-2)28(32)34-3)26(31-35-4)19-12-14-21(15-13-19)36-22-9-7-8-20(29)16-22/h5-17H,30H2,1-4H3. The van der Waals surface area contributed by atoms with Crippen LogP contribution in [0.5, 0.6) is 11.5 Å². The van der Waals surface area contributed by atoms with Gasteiger partial charge in [0.2, 0.25) is 0 Å². The van der Waals surface area contributed by atoms with E-state index in [1.807, 2.05) is 24.3 Å². The molecule has 0 amide bonds. The molecule has 0 aromatic heterocycles. The van der Waals surface area contributed by atoms with Crippen molar-refractivity contribution in [2.75, 3.05) is 21.3 Å². The first-order valence-corrected chi connectivity index (χ1v) is 11.4. The van der Waals surface area contributed by atoms with E-state index in [0.29, 0.717) is 44.5 Å². The summed E-state index contributed by atoms with van der Waals surface area (Å²) in [6.07, 6.45) is 1.30. The Hall–Kier alpha value is -4.27. The second kappa shape index (κ2) is 13.2.